The van der Waals surface area contributed by atoms with Gasteiger partial charge in [0.25, 0.3) is 0 Å². The molecule has 1 aromatic heterocycles. The minimum Gasteiger partial charge on any atom is -0.340 e. The molecule has 2 amide bonds. The van der Waals surface area contributed by atoms with Gasteiger partial charge in [-0.15, -0.1) is 11.3 Å². The fourth-order valence-corrected chi connectivity index (χ4v) is 4.52. The highest BCUT2D eigenvalue weighted by Gasteiger charge is 2.23. The summed E-state index contributed by atoms with van der Waals surface area (Å²) in [6, 6.07) is 15.8. The Hall–Kier alpha value is -3.03. The average Bonchev–Trinajstić information content (AvgIpc) is 3.22. The van der Waals surface area contributed by atoms with Crippen LogP contribution >= 0.6 is 11.3 Å². The minimum atomic E-state index is -0.0451. The van der Waals surface area contributed by atoms with Crippen molar-refractivity contribution in [2.45, 2.75) is 20.3 Å². The first-order valence-corrected chi connectivity index (χ1v) is 11.7. The van der Waals surface area contributed by atoms with Crippen LogP contribution in [0.15, 0.2) is 53.9 Å². The Balaban J connectivity index is 1.26. The van der Waals surface area contributed by atoms with Gasteiger partial charge >= 0.3 is 0 Å². The normalized spacial score (nSPS) is 14.4. The van der Waals surface area contributed by atoms with Gasteiger partial charge in [-0.3, -0.25) is 14.5 Å². The van der Waals surface area contributed by atoms with Crippen molar-refractivity contribution < 1.29 is 9.59 Å². The van der Waals surface area contributed by atoms with Crippen molar-refractivity contribution in [2.24, 2.45) is 0 Å². The van der Waals surface area contributed by atoms with Crippen molar-refractivity contribution in [3.05, 3.63) is 70.0 Å². The Labute approximate surface area is 192 Å². The monoisotopic (exact) mass is 448 g/mol. The topological polar surface area (TPSA) is 65.5 Å². The number of nitrogens with one attached hydrogen (secondary N) is 1. The zero-order valence-corrected chi connectivity index (χ0v) is 19.3. The van der Waals surface area contributed by atoms with Crippen molar-refractivity contribution in [1.82, 2.24) is 14.8 Å². The van der Waals surface area contributed by atoms with Crippen LogP contribution in [-0.4, -0.2) is 59.3 Å². The lowest BCUT2D eigenvalue weighted by Crippen LogP contribution is -2.50. The minimum absolute atomic E-state index is 0.0451. The second-order valence-electron chi connectivity index (χ2n) is 8.14. The number of hydrogen-bond donors (Lipinski definition) is 1. The molecule has 1 aliphatic heterocycles. The molecule has 7 heteroatoms. The Kier molecular flexibility index (Phi) is 6.97. The van der Waals surface area contributed by atoms with E-state index in [1.165, 1.54) is 0 Å². The third kappa shape index (κ3) is 5.60. The smallest absolute Gasteiger partial charge is 0.238 e. The summed E-state index contributed by atoms with van der Waals surface area (Å²) in [5.41, 5.74) is 4.91. The molecule has 1 aliphatic rings. The summed E-state index contributed by atoms with van der Waals surface area (Å²) in [6.07, 6.45) is 0.433. The predicted octanol–water partition coefficient (Wildman–Crippen LogP) is 3.75. The summed E-state index contributed by atoms with van der Waals surface area (Å²) in [7, 11) is 0. The molecule has 1 saturated heterocycles. The van der Waals surface area contributed by atoms with Crippen molar-refractivity contribution in [2.75, 3.05) is 38.0 Å². The molecular formula is C25H28N4O2S. The van der Waals surface area contributed by atoms with Gasteiger partial charge in [0.1, 0.15) is 0 Å². The highest BCUT2D eigenvalue weighted by atomic mass is 32.1. The van der Waals surface area contributed by atoms with E-state index in [1.54, 1.807) is 11.3 Å². The SMILES string of the molecule is Cc1nc(-c2cccc(NC(=O)CN3CCN(C(=O)Cc4ccccc4C)CC3)c2)cs1. The van der Waals surface area contributed by atoms with E-state index in [0.29, 0.717) is 39.1 Å². The largest absolute Gasteiger partial charge is 0.340 e. The number of rotatable bonds is 6. The summed E-state index contributed by atoms with van der Waals surface area (Å²) >= 11 is 1.61. The van der Waals surface area contributed by atoms with E-state index in [1.807, 2.05) is 72.7 Å². The quantitative estimate of drug-likeness (QED) is 0.624. The number of piperazine rings is 1. The lowest BCUT2D eigenvalue weighted by atomic mass is 10.1. The number of amides is 2. The van der Waals surface area contributed by atoms with Gasteiger partial charge in [0.15, 0.2) is 0 Å². The lowest BCUT2D eigenvalue weighted by molar-refractivity contribution is -0.132. The molecule has 2 heterocycles. The maximum Gasteiger partial charge on any atom is 0.238 e. The summed E-state index contributed by atoms with van der Waals surface area (Å²) in [5.74, 6) is 0.105. The molecule has 4 rings (SSSR count). The Morgan fingerprint density at radius 3 is 2.53 bits per heavy atom. The molecule has 0 aliphatic carbocycles. The molecule has 32 heavy (non-hydrogen) atoms. The van der Waals surface area contributed by atoms with E-state index in [4.69, 9.17) is 0 Å². The fourth-order valence-electron chi connectivity index (χ4n) is 3.89. The maximum absolute atomic E-state index is 12.7. The second-order valence-corrected chi connectivity index (χ2v) is 9.20. The number of benzene rings is 2. The van der Waals surface area contributed by atoms with E-state index in [2.05, 4.69) is 15.2 Å². The van der Waals surface area contributed by atoms with E-state index in [-0.39, 0.29) is 11.8 Å². The first kappa shape index (κ1) is 22.2. The van der Waals surface area contributed by atoms with Gasteiger partial charge in [0.2, 0.25) is 11.8 Å². The van der Waals surface area contributed by atoms with Gasteiger partial charge in [0.05, 0.1) is 23.7 Å². The predicted molar refractivity (Wildman–Crippen MR) is 129 cm³/mol. The summed E-state index contributed by atoms with van der Waals surface area (Å²) in [4.78, 5) is 33.8. The molecule has 0 saturated carbocycles. The summed E-state index contributed by atoms with van der Waals surface area (Å²) in [6.45, 7) is 7.03. The number of aryl methyl sites for hydroxylation is 2. The molecule has 3 aromatic rings. The average molecular weight is 449 g/mol. The Bertz CT molecular complexity index is 1100. The van der Waals surface area contributed by atoms with Crippen LogP contribution in [-0.2, 0) is 16.0 Å². The van der Waals surface area contributed by atoms with Gasteiger partial charge in [-0.25, -0.2) is 4.98 Å². The number of aromatic nitrogens is 1. The van der Waals surface area contributed by atoms with Crippen LogP contribution < -0.4 is 5.32 Å². The highest BCUT2D eigenvalue weighted by Crippen LogP contribution is 2.24. The molecule has 0 bridgehead atoms. The summed E-state index contributed by atoms with van der Waals surface area (Å²) < 4.78 is 0. The third-order valence-electron chi connectivity index (χ3n) is 5.76. The van der Waals surface area contributed by atoms with Crippen molar-refractivity contribution >= 4 is 28.8 Å². The highest BCUT2D eigenvalue weighted by molar-refractivity contribution is 7.09. The lowest BCUT2D eigenvalue weighted by Gasteiger charge is -2.34. The molecule has 6 nitrogen and oxygen atoms in total. The fraction of sp³-hybridized carbons (Fsp3) is 0.320. The van der Waals surface area contributed by atoms with E-state index < -0.39 is 0 Å². The second kappa shape index (κ2) is 10.1. The standard InChI is InChI=1S/C25H28N4O2S/c1-18-6-3-4-7-20(18)15-25(31)29-12-10-28(11-13-29)16-24(30)27-22-9-5-8-21(14-22)23-17-32-19(2)26-23/h3-9,14,17H,10-13,15-16H2,1-2H3,(H,27,30). The van der Waals surface area contributed by atoms with Crippen molar-refractivity contribution in [3.8, 4) is 11.3 Å². The van der Waals surface area contributed by atoms with Gasteiger partial charge < -0.3 is 10.2 Å². The number of hydrogen-bond acceptors (Lipinski definition) is 5. The number of nitrogens with zero attached hydrogens (tertiary/aromatic N) is 3. The van der Waals surface area contributed by atoms with E-state index in [9.17, 15) is 9.59 Å². The zero-order chi connectivity index (χ0) is 22.5. The van der Waals surface area contributed by atoms with Crippen LogP contribution in [0.1, 0.15) is 16.1 Å². The first-order valence-electron chi connectivity index (χ1n) is 10.8. The molecule has 1 fully saturated rings. The third-order valence-corrected chi connectivity index (χ3v) is 6.53. The Morgan fingerprint density at radius 2 is 1.81 bits per heavy atom. The maximum atomic E-state index is 12.7. The number of thiazole rings is 1. The van der Waals surface area contributed by atoms with Crippen LogP contribution in [0.3, 0.4) is 0 Å². The molecule has 0 atom stereocenters. The molecular weight excluding hydrogens is 420 g/mol. The number of carbonyl (C=O) groups is 2. The van der Waals surface area contributed by atoms with Crippen molar-refractivity contribution in [1.29, 1.82) is 0 Å². The van der Waals surface area contributed by atoms with Crippen LogP contribution in [0, 0.1) is 13.8 Å². The van der Waals surface area contributed by atoms with Crippen LogP contribution in [0.5, 0.6) is 0 Å². The van der Waals surface area contributed by atoms with E-state index >= 15 is 0 Å². The van der Waals surface area contributed by atoms with E-state index in [0.717, 1.165) is 33.1 Å². The number of carbonyl (C=O) groups excluding carboxylic acids is 2. The van der Waals surface area contributed by atoms with Gasteiger partial charge in [0, 0.05) is 42.8 Å². The van der Waals surface area contributed by atoms with Gasteiger partial charge in [-0.2, -0.15) is 0 Å². The van der Waals surface area contributed by atoms with Gasteiger partial charge in [-0.1, -0.05) is 36.4 Å². The Morgan fingerprint density at radius 1 is 1.03 bits per heavy atom. The molecule has 0 spiro atoms. The number of anilines is 1. The van der Waals surface area contributed by atoms with Crippen LogP contribution in [0.4, 0.5) is 5.69 Å². The summed E-state index contributed by atoms with van der Waals surface area (Å²) in [5, 5.41) is 6.04. The first-order chi connectivity index (χ1) is 15.5. The van der Waals surface area contributed by atoms with Crippen molar-refractivity contribution in [3.63, 3.8) is 0 Å². The zero-order valence-electron chi connectivity index (χ0n) is 18.5. The molecule has 1 N–H and O–H groups in total. The van der Waals surface area contributed by atoms with Crippen LogP contribution in [0.2, 0.25) is 0 Å². The molecule has 0 radical (unpaired) electrons. The van der Waals surface area contributed by atoms with Crippen LogP contribution in [0.25, 0.3) is 11.3 Å². The molecule has 166 valence electrons. The van der Waals surface area contributed by atoms with Gasteiger partial charge in [-0.05, 0) is 37.1 Å². The molecule has 0 unspecified atom stereocenters. The molecule has 2 aromatic carbocycles.